The van der Waals surface area contributed by atoms with Gasteiger partial charge in [-0.25, -0.2) is 9.78 Å². The Morgan fingerprint density at radius 1 is 1.16 bits per heavy atom. The van der Waals surface area contributed by atoms with Crippen LogP contribution in [-0.4, -0.2) is 39.8 Å². The number of halogens is 3. The maximum absolute atomic E-state index is 12.9. The number of fused-ring (bicyclic) bond motifs is 1. The normalized spacial score (nSPS) is 15.5. The molecular weight excluding hydrogens is 409 g/mol. The number of rotatable bonds is 5. The third-order valence-electron chi connectivity index (χ3n) is 5.82. The Balaban J connectivity index is 1.35. The van der Waals surface area contributed by atoms with Crippen LogP contribution in [0.4, 0.5) is 18.9 Å². The molecule has 164 valence electrons. The Kier molecular flexibility index (Phi) is 5.62. The highest BCUT2D eigenvalue weighted by molar-refractivity contribution is 5.88. The number of aromatic nitrogens is 2. The van der Waals surface area contributed by atoms with Gasteiger partial charge in [-0.1, -0.05) is 0 Å². The van der Waals surface area contributed by atoms with Crippen LogP contribution in [0.5, 0.6) is 0 Å². The highest BCUT2D eigenvalue weighted by atomic mass is 19.4. The average Bonchev–Trinajstić information content (AvgIpc) is 3.07. The van der Waals surface area contributed by atoms with Gasteiger partial charge in [-0.15, -0.1) is 0 Å². The van der Waals surface area contributed by atoms with Crippen LogP contribution in [0, 0.1) is 0 Å². The van der Waals surface area contributed by atoms with Gasteiger partial charge in [-0.05, 0) is 55.3 Å². The molecule has 1 fully saturated rings. The van der Waals surface area contributed by atoms with Crippen LogP contribution in [0.3, 0.4) is 0 Å². The van der Waals surface area contributed by atoms with Crippen LogP contribution in [0.2, 0.25) is 0 Å². The first kappa shape index (κ1) is 21.2. The molecular formula is C22H23F3N4O2. The van der Waals surface area contributed by atoms with E-state index < -0.39 is 17.7 Å². The number of carboxylic acids is 1. The lowest BCUT2D eigenvalue weighted by Crippen LogP contribution is -2.42. The number of benzene rings is 2. The number of carbonyl (C=O) groups is 1. The smallest absolute Gasteiger partial charge is 0.416 e. The number of carboxylic acid groups (broad SMARTS) is 1. The van der Waals surface area contributed by atoms with Crippen LogP contribution < -0.4 is 10.2 Å². The van der Waals surface area contributed by atoms with Crippen molar-refractivity contribution in [3.05, 3.63) is 59.4 Å². The summed E-state index contributed by atoms with van der Waals surface area (Å²) >= 11 is 0. The first-order valence-corrected chi connectivity index (χ1v) is 10.1. The topological polar surface area (TPSA) is 70.4 Å². The first-order chi connectivity index (χ1) is 14.7. The van der Waals surface area contributed by atoms with Gasteiger partial charge in [0.2, 0.25) is 0 Å². The van der Waals surface area contributed by atoms with Crippen LogP contribution in [0.25, 0.3) is 11.0 Å². The molecule has 0 amide bonds. The highest BCUT2D eigenvalue weighted by Gasteiger charge is 2.31. The second kappa shape index (κ2) is 8.22. The summed E-state index contributed by atoms with van der Waals surface area (Å²) in [4.78, 5) is 17.6. The lowest BCUT2D eigenvalue weighted by molar-refractivity contribution is -0.137. The van der Waals surface area contributed by atoms with Crippen molar-refractivity contribution in [2.45, 2.75) is 31.6 Å². The van der Waals surface area contributed by atoms with Crippen LogP contribution in [-0.2, 0) is 19.8 Å². The second-order valence-electron chi connectivity index (χ2n) is 7.78. The van der Waals surface area contributed by atoms with E-state index in [1.807, 2.05) is 23.7 Å². The van der Waals surface area contributed by atoms with E-state index in [0.29, 0.717) is 23.4 Å². The molecule has 31 heavy (non-hydrogen) atoms. The fourth-order valence-electron chi connectivity index (χ4n) is 3.98. The summed E-state index contributed by atoms with van der Waals surface area (Å²) in [5.74, 6) is -0.243. The Morgan fingerprint density at radius 3 is 2.45 bits per heavy atom. The second-order valence-corrected chi connectivity index (χ2v) is 7.78. The van der Waals surface area contributed by atoms with E-state index >= 15 is 0 Å². The maximum Gasteiger partial charge on any atom is 0.416 e. The van der Waals surface area contributed by atoms with Gasteiger partial charge < -0.3 is 19.9 Å². The SMILES string of the molecule is Cn1c(CNC2CCN(c3ccc(C(=O)O)cc3)CC2)nc2cc(C(F)(F)F)ccc21. The van der Waals surface area contributed by atoms with Gasteiger partial charge in [0, 0.05) is 31.9 Å². The molecule has 1 saturated heterocycles. The number of piperidine rings is 1. The van der Waals surface area contributed by atoms with Crippen molar-refractivity contribution in [2.75, 3.05) is 18.0 Å². The molecule has 2 N–H and O–H groups in total. The Morgan fingerprint density at radius 2 is 1.84 bits per heavy atom. The van der Waals surface area contributed by atoms with Gasteiger partial charge in [-0.2, -0.15) is 13.2 Å². The van der Waals surface area contributed by atoms with Gasteiger partial charge in [0.1, 0.15) is 5.82 Å². The van der Waals surface area contributed by atoms with Crippen molar-refractivity contribution < 1.29 is 23.1 Å². The maximum atomic E-state index is 12.9. The molecule has 0 spiro atoms. The van der Waals surface area contributed by atoms with E-state index in [0.717, 1.165) is 43.8 Å². The molecule has 2 aromatic carbocycles. The predicted octanol–water partition coefficient (Wildman–Crippen LogP) is 4.05. The number of nitrogens with zero attached hydrogens (tertiary/aromatic N) is 3. The molecule has 9 heteroatoms. The number of anilines is 1. The lowest BCUT2D eigenvalue weighted by atomic mass is 10.0. The molecule has 0 unspecified atom stereocenters. The quantitative estimate of drug-likeness (QED) is 0.637. The molecule has 4 rings (SSSR count). The van der Waals surface area contributed by atoms with Gasteiger partial charge in [0.25, 0.3) is 0 Å². The zero-order valence-corrected chi connectivity index (χ0v) is 17.0. The van der Waals surface area contributed by atoms with Crippen molar-refractivity contribution in [3.63, 3.8) is 0 Å². The van der Waals surface area contributed by atoms with Crippen molar-refractivity contribution in [1.82, 2.24) is 14.9 Å². The summed E-state index contributed by atoms with van der Waals surface area (Å²) in [6, 6.07) is 10.8. The van der Waals surface area contributed by atoms with Crippen LogP contribution >= 0.6 is 0 Å². The zero-order valence-electron chi connectivity index (χ0n) is 17.0. The average molecular weight is 432 g/mol. The van der Waals surface area contributed by atoms with E-state index in [-0.39, 0.29) is 11.6 Å². The van der Waals surface area contributed by atoms with E-state index in [4.69, 9.17) is 5.11 Å². The molecule has 1 aliphatic rings. The largest absolute Gasteiger partial charge is 0.478 e. The molecule has 0 radical (unpaired) electrons. The van der Waals surface area contributed by atoms with E-state index in [1.165, 1.54) is 6.07 Å². The molecule has 1 aliphatic heterocycles. The lowest BCUT2D eigenvalue weighted by Gasteiger charge is -2.34. The molecule has 0 bridgehead atoms. The fraction of sp³-hybridized carbons (Fsp3) is 0.364. The Labute approximate surface area is 177 Å². The van der Waals surface area contributed by atoms with Crippen LogP contribution in [0.15, 0.2) is 42.5 Å². The number of hydrogen-bond acceptors (Lipinski definition) is 4. The number of aromatic carboxylic acids is 1. The molecule has 0 atom stereocenters. The summed E-state index contributed by atoms with van der Waals surface area (Å²) in [6.07, 6.45) is -2.57. The molecule has 0 aliphatic carbocycles. The zero-order chi connectivity index (χ0) is 22.2. The Hall–Kier alpha value is -3.07. The molecule has 2 heterocycles. The van der Waals surface area contributed by atoms with Crippen molar-refractivity contribution in [1.29, 1.82) is 0 Å². The van der Waals surface area contributed by atoms with E-state index in [9.17, 15) is 18.0 Å². The van der Waals surface area contributed by atoms with Gasteiger partial charge in [0.15, 0.2) is 0 Å². The van der Waals surface area contributed by atoms with Crippen LogP contribution in [0.1, 0.15) is 34.6 Å². The summed E-state index contributed by atoms with van der Waals surface area (Å²) < 4.78 is 40.7. The van der Waals surface area contributed by atoms with E-state index in [2.05, 4.69) is 15.2 Å². The number of hydrogen-bond donors (Lipinski definition) is 2. The van der Waals surface area contributed by atoms with Gasteiger partial charge in [-0.3, -0.25) is 0 Å². The van der Waals surface area contributed by atoms with Gasteiger partial charge >= 0.3 is 12.1 Å². The molecule has 3 aromatic rings. The summed E-state index contributed by atoms with van der Waals surface area (Å²) in [5, 5.41) is 12.5. The molecule has 1 aromatic heterocycles. The highest BCUT2D eigenvalue weighted by Crippen LogP contribution is 2.31. The van der Waals surface area contributed by atoms with Gasteiger partial charge in [0.05, 0.1) is 28.7 Å². The fourth-order valence-corrected chi connectivity index (χ4v) is 3.98. The summed E-state index contributed by atoms with van der Waals surface area (Å²) in [6.45, 7) is 2.15. The van der Waals surface area contributed by atoms with Crippen molar-refractivity contribution in [3.8, 4) is 0 Å². The third-order valence-corrected chi connectivity index (χ3v) is 5.82. The summed E-state index contributed by atoms with van der Waals surface area (Å²) in [5.41, 5.74) is 1.59. The summed E-state index contributed by atoms with van der Waals surface area (Å²) in [7, 11) is 1.81. The minimum Gasteiger partial charge on any atom is -0.478 e. The van der Waals surface area contributed by atoms with E-state index in [1.54, 1.807) is 12.1 Å². The number of imidazole rings is 1. The molecule has 6 nitrogen and oxygen atoms in total. The van der Waals surface area contributed by atoms with Crippen molar-refractivity contribution in [2.24, 2.45) is 7.05 Å². The number of aryl methyl sites for hydroxylation is 1. The standard InChI is InChI=1S/C22H23F3N4O2/c1-28-19-7-4-15(22(23,24)25)12-18(19)27-20(28)13-26-16-8-10-29(11-9-16)17-5-2-14(3-6-17)21(30)31/h2-7,12,16,26H,8-11,13H2,1H3,(H,30,31). The number of nitrogens with one attached hydrogen (secondary N) is 1. The third kappa shape index (κ3) is 4.51. The Bertz CT molecular complexity index is 1080. The molecule has 0 saturated carbocycles. The minimum atomic E-state index is -4.38. The first-order valence-electron chi connectivity index (χ1n) is 10.1. The minimum absolute atomic E-state index is 0.269. The monoisotopic (exact) mass is 432 g/mol. The van der Waals surface area contributed by atoms with Crippen molar-refractivity contribution >= 4 is 22.7 Å². The number of alkyl halides is 3. The predicted molar refractivity (Wildman–Crippen MR) is 111 cm³/mol.